The van der Waals surface area contributed by atoms with Crippen LogP contribution < -0.4 is 0 Å². The second-order valence-corrected chi connectivity index (χ2v) is 3.39. The topological polar surface area (TPSA) is 70.1 Å². The third-order valence-electron chi connectivity index (χ3n) is 2.15. The lowest BCUT2D eigenvalue weighted by Crippen LogP contribution is -2.53. The summed E-state index contributed by atoms with van der Waals surface area (Å²) in [6.07, 6.45) is -0.642. The number of carbonyl (C=O) groups excluding carboxylic acids is 1. The van der Waals surface area contributed by atoms with E-state index < -0.39 is 12.2 Å². The van der Waals surface area contributed by atoms with Gasteiger partial charge in [0.1, 0.15) is 6.61 Å². The molecule has 6 nitrogen and oxygen atoms in total. The molecule has 0 aromatic heterocycles. The SMILES string of the molecule is CN(C)C(=O)OCC1CCN1C(=O)O. The highest BCUT2D eigenvalue weighted by Gasteiger charge is 2.32. The van der Waals surface area contributed by atoms with Crippen molar-refractivity contribution >= 4 is 12.2 Å². The molecule has 0 radical (unpaired) electrons. The van der Waals surface area contributed by atoms with Gasteiger partial charge in [-0.3, -0.25) is 0 Å². The van der Waals surface area contributed by atoms with Crippen LogP contribution in [0.3, 0.4) is 0 Å². The van der Waals surface area contributed by atoms with E-state index in [4.69, 9.17) is 9.84 Å². The molecule has 0 spiro atoms. The maximum Gasteiger partial charge on any atom is 0.409 e. The Morgan fingerprint density at radius 1 is 1.57 bits per heavy atom. The third-order valence-corrected chi connectivity index (χ3v) is 2.15. The van der Waals surface area contributed by atoms with Crippen LogP contribution in [-0.4, -0.2) is 60.4 Å². The first-order valence-corrected chi connectivity index (χ1v) is 4.36. The van der Waals surface area contributed by atoms with Gasteiger partial charge in [-0.25, -0.2) is 9.59 Å². The lowest BCUT2D eigenvalue weighted by molar-refractivity contribution is 0.0272. The first kappa shape index (κ1) is 10.6. The number of likely N-dealkylation sites (tertiary alicyclic amines) is 1. The van der Waals surface area contributed by atoms with E-state index in [1.54, 1.807) is 14.1 Å². The van der Waals surface area contributed by atoms with Crippen molar-refractivity contribution in [1.82, 2.24) is 9.80 Å². The summed E-state index contributed by atoms with van der Waals surface area (Å²) in [6.45, 7) is 0.669. The number of carboxylic acid groups (broad SMARTS) is 1. The highest BCUT2D eigenvalue weighted by molar-refractivity contribution is 5.68. The zero-order chi connectivity index (χ0) is 10.7. The summed E-state index contributed by atoms with van der Waals surface area (Å²) in [5, 5.41) is 8.65. The molecule has 1 N–H and O–H groups in total. The smallest absolute Gasteiger partial charge is 0.409 e. The van der Waals surface area contributed by atoms with Crippen molar-refractivity contribution in [2.24, 2.45) is 0 Å². The average Bonchev–Trinajstić information content (AvgIpc) is 2.00. The summed E-state index contributed by atoms with van der Waals surface area (Å²) in [6, 6.07) is -0.170. The van der Waals surface area contributed by atoms with Crippen LogP contribution >= 0.6 is 0 Å². The van der Waals surface area contributed by atoms with Gasteiger partial charge in [-0.2, -0.15) is 0 Å². The van der Waals surface area contributed by atoms with Crippen molar-refractivity contribution in [2.75, 3.05) is 27.2 Å². The Kier molecular flexibility index (Phi) is 3.16. The normalized spacial score (nSPS) is 19.9. The number of nitrogens with zero attached hydrogens (tertiary/aromatic N) is 2. The van der Waals surface area contributed by atoms with Crippen LogP contribution in [0.15, 0.2) is 0 Å². The maximum absolute atomic E-state index is 11.0. The number of rotatable bonds is 2. The molecule has 1 atom stereocenters. The van der Waals surface area contributed by atoms with Crippen molar-refractivity contribution in [1.29, 1.82) is 0 Å². The zero-order valence-electron chi connectivity index (χ0n) is 8.27. The van der Waals surface area contributed by atoms with Gasteiger partial charge in [0.25, 0.3) is 0 Å². The van der Waals surface area contributed by atoms with E-state index >= 15 is 0 Å². The number of ether oxygens (including phenoxy) is 1. The molecular formula is C8H14N2O4. The molecule has 1 unspecified atom stereocenters. The zero-order valence-corrected chi connectivity index (χ0v) is 8.27. The first-order valence-electron chi connectivity index (χ1n) is 4.36. The van der Waals surface area contributed by atoms with Crippen molar-refractivity contribution < 1.29 is 19.4 Å². The third kappa shape index (κ3) is 2.27. The number of amides is 2. The molecule has 0 aromatic carbocycles. The van der Waals surface area contributed by atoms with Crippen molar-refractivity contribution in [2.45, 2.75) is 12.5 Å². The van der Waals surface area contributed by atoms with E-state index in [1.165, 1.54) is 9.80 Å². The van der Waals surface area contributed by atoms with Gasteiger partial charge in [0.2, 0.25) is 0 Å². The van der Waals surface area contributed by atoms with Gasteiger partial charge in [-0.15, -0.1) is 0 Å². The summed E-state index contributed by atoms with van der Waals surface area (Å²) >= 11 is 0. The van der Waals surface area contributed by atoms with Gasteiger partial charge < -0.3 is 19.6 Å². The van der Waals surface area contributed by atoms with E-state index in [0.717, 1.165) is 6.42 Å². The molecule has 0 saturated carbocycles. The first-order chi connectivity index (χ1) is 6.52. The summed E-state index contributed by atoms with van der Waals surface area (Å²) in [4.78, 5) is 24.1. The Morgan fingerprint density at radius 2 is 2.21 bits per heavy atom. The van der Waals surface area contributed by atoms with Crippen LogP contribution in [0.1, 0.15) is 6.42 Å². The van der Waals surface area contributed by atoms with Crippen molar-refractivity contribution in [3.8, 4) is 0 Å². The predicted molar refractivity (Wildman–Crippen MR) is 48.2 cm³/mol. The van der Waals surface area contributed by atoms with Crippen molar-refractivity contribution in [3.63, 3.8) is 0 Å². The van der Waals surface area contributed by atoms with Crippen LogP contribution in [-0.2, 0) is 4.74 Å². The summed E-state index contributed by atoms with van der Waals surface area (Å²) in [5.41, 5.74) is 0. The average molecular weight is 202 g/mol. The Balaban J connectivity index is 2.26. The molecule has 1 fully saturated rings. The molecule has 1 aliphatic heterocycles. The maximum atomic E-state index is 11.0. The summed E-state index contributed by atoms with van der Waals surface area (Å²) in [7, 11) is 3.16. The lowest BCUT2D eigenvalue weighted by Gasteiger charge is -2.38. The van der Waals surface area contributed by atoms with Gasteiger partial charge in [0.05, 0.1) is 6.04 Å². The number of carbonyl (C=O) groups is 2. The molecule has 1 saturated heterocycles. The summed E-state index contributed by atoms with van der Waals surface area (Å²) in [5.74, 6) is 0. The molecule has 0 bridgehead atoms. The van der Waals surface area contributed by atoms with Gasteiger partial charge in [0, 0.05) is 20.6 Å². The largest absolute Gasteiger partial charge is 0.465 e. The van der Waals surface area contributed by atoms with Crippen LogP contribution in [0.25, 0.3) is 0 Å². The Morgan fingerprint density at radius 3 is 2.57 bits per heavy atom. The molecule has 2 amide bonds. The molecule has 0 aromatic rings. The van der Waals surface area contributed by atoms with Gasteiger partial charge in [0.15, 0.2) is 0 Å². The molecular weight excluding hydrogens is 188 g/mol. The molecule has 6 heteroatoms. The van der Waals surface area contributed by atoms with E-state index in [9.17, 15) is 9.59 Å². The predicted octanol–water partition coefficient (Wildman–Crippen LogP) is 0.437. The fourth-order valence-electron chi connectivity index (χ4n) is 1.16. The summed E-state index contributed by atoms with van der Waals surface area (Å²) < 4.78 is 4.87. The quantitative estimate of drug-likeness (QED) is 0.705. The molecule has 14 heavy (non-hydrogen) atoms. The van der Waals surface area contributed by atoms with Gasteiger partial charge in [-0.1, -0.05) is 0 Å². The highest BCUT2D eigenvalue weighted by atomic mass is 16.6. The fraction of sp³-hybridized carbons (Fsp3) is 0.750. The van der Waals surface area contributed by atoms with E-state index in [1.807, 2.05) is 0 Å². The second kappa shape index (κ2) is 4.17. The van der Waals surface area contributed by atoms with E-state index in [-0.39, 0.29) is 12.6 Å². The van der Waals surface area contributed by atoms with Crippen LogP contribution in [0.2, 0.25) is 0 Å². The standard InChI is InChI=1S/C8H14N2O4/c1-9(2)8(13)14-5-6-3-4-10(6)7(11)12/h6H,3-5H2,1-2H3,(H,11,12). The number of hydrogen-bond donors (Lipinski definition) is 1. The minimum Gasteiger partial charge on any atom is -0.465 e. The van der Waals surface area contributed by atoms with E-state index in [2.05, 4.69) is 0 Å². The molecule has 1 heterocycles. The Hall–Kier alpha value is -1.46. The van der Waals surface area contributed by atoms with Gasteiger partial charge in [-0.05, 0) is 6.42 Å². The van der Waals surface area contributed by atoms with Crippen LogP contribution in [0.5, 0.6) is 0 Å². The number of hydrogen-bond acceptors (Lipinski definition) is 3. The molecule has 1 aliphatic rings. The second-order valence-electron chi connectivity index (χ2n) is 3.39. The minimum atomic E-state index is -0.956. The molecule has 1 rings (SSSR count). The van der Waals surface area contributed by atoms with E-state index in [0.29, 0.717) is 6.54 Å². The Bertz CT molecular complexity index is 241. The molecule has 80 valence electrons. The van der Waals surface area contributed by atoms with Crippen molar-refractivity contribution in [3.05, 3.63) is 0 Å². The molecule has 0 aliphatic carbocycles. The van der Waals surface area contributed by atoms with Crippen LogP contribution in [0.4, 0.5) is 9.59 Å². The minimum absolute atomic E-state index is 0.142. The lowest BCUT2D eigenvalue weighted by atomic mass is 10.1. The highest BCUT2D eigenvalue weighted by Crippen LogP contribution is 2.17. The Labute approximate surface area is 82.0 Å². The monoisotopic (exact) mass is 202 g/mol. The van der Waals surface area contributed by atoms with Crippen LogP contribution in [0, 0.1) is 0 Å². The van der Waals surface area contributed by atoms with Gasteiger partial charge >= 0.3 is 12.2 Å². The fourth-order valence-corrected chi connectivity index (χ4v) is 1.16.